The van der Waals surface area contributed by atoms with Crippen LogP contribution in [0.15, 0.2) is 12.1 Å². The van der Waals surface area contributed by atoms with Crippen LogP contribution in [0.4, 0.5) is 5.69 Å². The minimum Gasteiger partial charge on any atom is -0.496 e. The highest BCUT2D eigenvalue weighted by molar-refractivity contribution is 5.68. The lowest BCUT2D eigenvalue weighted by atomic mass is 10.1. The van der Waals surface area contributed by atoms with E-state index in [0.29, 0.717) is 12.3 Å². The summed E-state index contributed by atoms with van der Waals surface area (Å²) in [6, 6.07) is 3.19. The van der Waals surface area contributed by atoms with E-state index in [1.807, 2.05) is 19.1 Å². The Morgan fingerprint density at radius 3 is 2.63 bits per heavy atom. The van der Waals surface area contributed by atoms with Gasteiger partial charge in [-0.3, -0.25) is 4.79 Å². The van der Waals surface area contributed by atoms with Crippen molar-refractivity contribution in [1.82, 2.24) is 0 Å². The molecule has 1 aromatic rings. The minimum atomic E-state index is -0.910. The van der Waals surface area contributed by atoms with Crippen molar-refractivity contribution in [2.24, 2.45) is 5.73 Å². The fraction of sp³-hybridized carbons (Fsp3) is 0.462. The molecule has 0 radical (unpaired) electrons. The summed E-state index contributed by atoms with van der Waals surface area (Å²) in [7, 11) is 3.17. The molecule has 0 aliphatic rings. The van der Waals surface area contributed by atoms with Crippen LogP contribution in [0.25, 0.3) is 0 Å². The van der Waals surface area contributed by atoms with Crippen molar-refractivity contribution >= 4 is 11.7 Å². The number of nitrogens with two attached hydrogens (primary N) is 1. The van der Waals surface area contributed by atoms with Gasteiger partial charge in [0.15, 0.2) is 0 Å². The summed E-state index contributed by atoms with van der Waals surface area (Å²) in [4.78, 5) is 10.5. The summed E-state index contributed by atoms with van der Waals surface area (Å²) < 4.78 is 10.5. The molecule has 106 valence electrons. The Morgan fingerprint density at radius 1 is 1.42 bits per heavy atom. The lowest BCUT2D eigenvalue weighted by Crippen LogP contribution is -2.31. The number of carboxylic acids is 1. The van der Waals surface area contributed by atoms with Crippen molar-refractivity contribution in [2.75, 3.05) is 26.1 Å². The van der Waals surface area contributed by atoms with E-state index in [0.717, 1.165) is 17.0 Å². The first-order chi connectivity index (χ1) is 8.99. The Hall–Kier alpha value is -1.95. The van der Waals surface area contributed by atoms with E-state index < -0.39 is 12.0 Å². The van der Waals surface area contributed by atoms with E-state index in [9.17, 15) is 4.79 Å². The van der Waals surface area contributed by atoms with Crippen molar-refractivity contribution in [3.05, 3.63) is 17.7 Å². The van der Waals surface area contributed by atoms with Crippen molar-refractivity contribution in [2.45, 2.75) is 19.4 Å². The van der Waals surface area contributed by atoms with Gasteiger partial charge in [0.05, 0.1) is 26.3 Å². The molecule has 1 atom stereocenters. The number of anilines is 1. The number of aliphatic carboxylic acids is 1. The van der Waals surface area contributed by atoms with Crippen molar-refractivity contribution in [3.8, 4) is 11.5 Å². The summed E-state index contributed by atoms with van der Waals surface area (Å²) >= 11 is 0. The zero-order valence-corrected chi connectivity index (χ0v) is 11.4. The number of hydrogen-bond donors (Lipinski definition) is 3. The first kappa shape index (κ1) is 15.1. The second-order valence-corrected chi connectivity index (χ2v) is 4.21. The fourth-order valence-corrected chi connectivity index (χ4v) is 1.83. The molecule has 4 N–H and O–H groups in total. The first-order valence-corrected chi connectivity index (χ1v) is 5.92. The Balaban J connectivity index is 2.78. The zero-order chi connectivity index (χ0) is 14.4. The van der Waals surface area contributed by atoms with Crippen molar-refractivity contribution in [1.29, 1.82) is 0 Å². The van der Waals surface area contributed by atoms with Crippen LogP contribution in [0.3, 0.4) is 0 Å². The van der Waals surface area contributed by atoms with Gasteiger partial charge in [0.25, 0.3) is 0 Å². The van der Waals surface area contributed by atoms with Crippen LogP contribution >= 0.6 is 0 Å². The number of benzene rings is 1. The van der Waals surface area contributed by atoms with Gasteiger partial charge in [-0.1, -0.05) is 0 Å². The zero-order valence-electron chi connectivity index (χ0n) is 11.4. The van der Waals surface area contributed by atoms with Crippen LogP contribution in [-0.4, -0.2) is 37.9 Å². The average Bonchev–Trinajstić information content (AvgIpc) is 2.35. The number of carboxylic acid groups (broad SMARTS) is 1. The molecule has 1 aromatic carbocycles. The van der Waals surface area contributed by atoms with Gasteiger partial charge >= 0.3 is 5.97 Å². The lowest BCUT2D eigenvalue weighted by Gasteiger charge is -2.17. The molecule has 0 aliphatic carbocycles. The van der Waals surface area contributed by atoms with Gasteiger partial charge in [-0.15, -0.1) is 0 Å². The Bertz CT molecular complexity index is 449. The lowest BCUT2D eigenvalue weighted by molar-refractivity contribution is -0.137. The van der Waals surface area contributed by atoms with E-state index in [4.69, 9.17) is 20.3 Å². The molecule has 0 heterocycles. The van der Waals surface area contributed by atoms with Crippen molar-refractivity contribution in [3.63, 3.8) is 0 Å². The number of rotatable bonds is 7. The van der Waals surface area contributed by atoms with Crippen LogP contribution in [0.1, 0.15) is 12.0 Å². The SMILES string of the molecule is COc1ccc(NCC(N)CC(=O)O)c(OC)c1C. The quantitative estimate of drug-likeness (QED) is 0.688. The summed E-state index contributed by atoms with van der Waals surface area (Å²) in [5.74, 6) is 0.492. The maximum atomic E-state index is 10.5. The molecule has 6 nitrogen and oxygen atoms in total. The molecule has 0 spiro atoms. The molecule has 1 unspecified atom stereocenters. The second kappa shape index (κ2) is 6.84. The van der Waals surface area contributed by atoms with Gasteiger partial charge in [0.1, 0.15) is 11.5 Å². The summed E-state index contributed by atoms with van der Waals surface area (Å²) in [6.07, 6.45) is -0.0789. The molecule has 0 aliphatic heterocycles. The standard InChI is InChI=1S/C13H20N2O4/c1-8-11(18-2)5-4-10(13(8)19-3)15-7-9(14)6-12(16)17/h4-5,9,15H,6-7,14H2,1-3H3,(H,16,17). The van der Waals surface area contributed by atoms with E-state index in [2.05, 4.69) is 5.32 Å². The second-order valence-electron chi connectivity index (χ2n) is 4.21. The molecule has 6 heteroatoms. The minimum absolute atomic E-state index is 0.0789. The number of ether oxygens (including phenoxy) is 2. The van der Waals surface area contributed by atoms with Gasteiger partial charge < -0.3 is 25.6 Å². The van der Waals surface area contributed by atoms with Gasteiger partial charge in [-0.05, 0) is 19.1 Å². The average molecular weight is 268 g/mol. The van der Waals surface area contributed by atoms with Crippen LogP contribution in [0.5, 0.6) is 11.5 Å². The Morgan fingerprint density at radius 2 is 2.11 bits per heavy atom. The molecule has 0 fully saturated rings. The maximum absolute atomic E-state index is 10.5. The molecule has 0 bridgehead atoms. The third-order valence-electron chi connectivity index (χ3n) is 2.77. The van der Waals surface area contributed by atoms with Crippen LogP contribution < -0.4 is 20.5 Å². The molecule has 0 saturated carbocycles. The van der Waals surface area contributed by atoms with E-state index in [-0.39, 0.29) is 6.42 Å². The normalized spacial score (nSPS) is 11.8. The van der Waals surface area contributed by atoms with Gasteiger partial charge in [-0.25, -0.2) is 0 Å². The highest BCUT2D eigenvalue weighted by Gasteiger charge is 2.13. The fourth-order valence-electron chi connectivity index (χ4n) is 1.83. The summed E-state index contributed by atoms with van der Waals surface area (Å²) in [5.41, 5.74) is 7.34. The van der Waals surface area contributed by atoms with Gasteiger partial charge in [-0.2, -0.15) is 0 Å². The molecule has 1 rings (SSSR count). The molecular weight excluding hydrogens is 248 g/mol. The number of hydrogen-bond acceptors (Lipinski definition) is 5. The van der Waals surface area contributed by atoms with Crippen LogP contribution in [0.2, 0.25) is 0 Å². The van der Waals surface area contributed by atoms with Crippen LogP contribution in [-0.2, 0) is 4.79 Å². The Kier molecular flexibility index (Phi) is 5.44. The smallest absolute Gasteiger partial charge is 0.304 e. The predicted molar refractivity (Wildman–Crippen MR) is 73.0 cm³/mol. The van der Waals surface area contributed by atoms with Crippen molar-refractivity contribution < 1.29 is 19.4 Å². The summed E-state index contributed by atoms with van der Waals surface area (Å²) in [5, 5.41) is 11.7. The number of carbonyl (C=O) groups is 1. The Labute approximate surface area is 112 Å². The summed E-state index contributed by atoms with van der Waals surface area (Å²) in [6.45, 7) is 2.24. The van der Waals surface area contributed by atoms with Gasteiger partial charge in [0.2, 0.25) is 0 Å². The molecule has 0 aromatic heterocycles. The predicted octanol–water partition coefficient (Wildman–Crippen LogP) is 1.23. The molecule has 19 heavy (non-hydrogen) atoms. The molecule has 0 saturated heterocycles. The molecule has 0 amide bonds. The topological polar surface area (TPSA) is 93.8 Å². The molecular formula is C13H20N2O4. The third-order valence-corrected chi connectivity index (χ3v) is 2.77. The van der Waals surface area contributed by atoms with E-state index >= 15 is 0 Å². The van der Waals surface area contributed by atoms with Gasteiger partial charge in [0, 0.05) is 18.2 Å². The highest BCUT2D eigenvalue weighted by Crippen LogP contribution is 2.34. The van der Waals surface area contributed by atoms with Crippen LogP contribution in [0, 0.1) is 6.92 Å². The number of methoxy groups -OCH3 is 2. The maximum Gasteiger partial charge on any atom is 0.304 e. The highest BCUT2D eigenvalue weighted by atomic mass is 16.5. The largest absolute Gasteiger partial charge is 0.496 e. The van der Waals surface area contributed by atoms with E-state index in [1.165, 1.54) is 0 Å². The van der Waals surface area contributed by atoms with E-state index in [1.54, 1.807) is 14.2 Å². The monoisotopic (exact) mass is 268 g/mol. The number of nitrogens with one attached hydrogen (secondary N) is 1. The third kappa shape index (κ3) is 4.03. The first-order valence-electron chi connectivity index (χ1n) is 5.92.